The number of nitrogens with zero attached hydrogens (tertiary/aromatic N) is 1. The molecular formula is C21H15FN2O2S. The van der Waals surface area contributed by atoms with Gasteiger partial charge in [0.05, 0.1) is 15.7 Å². The van der Waals surface area contributed by atoms with Crippen LogP contribution in [-0.2, 0) is 6.54 Å². The van der Waals surface area contributed by atoms with Crippen LogP contribution in [0.2, 0.25) is 0 Å². The van der Waals surface area contributed by atoms with Crippen LogP contribution in [-0.4, -0.2) is 10.9 Å². The Morgan fingerprint density at radius 3 is 2.74 bits per heavy atom. The number of carbonyl (C=O) groups excluding carboxylic acids is 1. The predicted octanol–water partition coefficient (Wildman–Crippen LogP) is 5.16. The molecule has 1 amide bonds. The fraction of sp³-hybridized carbons (Fsp3) is 0.0476. The fourth-order valence-corrected chi connectivity index (χ4v) is 3.35. The Labute approximate surface area is 159 Å². The molecule has 1 aromatic heterocycles. The van der Waals surface area contributed by atoms with Crippen molar-refractivity contribution < 1.29 is 13.9 Å². The number of hydrogen-bond donors (Lipinski definition) is 1. The second-order valence-corrected chi connectivity index (χ2v) is 6.81. The highest BCUT2D eigenvalue weighted by atomic mass is 32.1. The van der Waals surface area contributed by atoms with Gasteiger partial charge in [0.25, 0.3) is 5.91 Å². The van der Waals surface area contributed by atoms with Gasteiger partial charge >= 0.3 is 0 Å². The van der Waals surface area contributed by atoms with Crippen LogP contribution in [0.15, 0.2) is 72.2 Å². The molecule has 1 heterocycles. The molecule has 0 aliphatic heterocycles. The molecule has 4 nitrogen and oxygen atoms in total. The van der Waals surface area contributed by atoms with Crippen molar-refractivity contribution in [1.29, 1.82) is 0 Å². The van der Waals surface area contributed by atoms with Gasteiger partial charge in [0, 0.05) is 12.1 Å². The Kier molecular flexibility index (Phi) is 4.80. The Morgan fingerprint density at radius 1 is 1.04 bits per heavy atom. The molecule has 4 rings (SSSR count). The van der Waals surface area contributed by atoms with Crippen LogP contribution >= 0.6 is 11.3 Å². The highest BCUT2D eigenvalue weighted by Gasteiger charge is 2.08. The van der Waals surface area contributed by atoms with Crippen molar-refractivity contribution >= 4 is 27.5 Å². The van der Waals surface area contributed by atoms with E-state index in [-0.39, 0.29) is 11.7 Å². The number of thiazole rings is 1. The Balaban J connectivity index is 1.41. The van der Waals surface area contributed by atoms with Gasteiger partial charge in [0.1, 0.15) is 17.3 Å². The summed E-state index contributed by atoms with van der Waals surface area (Å²) in [6.45, 7) is 0.375. The molecule has 0 radical (unpaired) electrons. The summed E-state index contributed by atoms with van der Waals surface area (Å²) in [6.07, 6.45) is 0. The molecule has 134 valence electrons. The molecule has 0 saturated heterocycles. The van der Waals surface area contributed by atoms with Crippen LogP contribution in [0, 0.1) is 5.82 Å². The first-order chi connectivity index (χ1) is 13.2. The zero-order chi connectivity index (χ0) is 18.6. The van der Waals surface area contributed by atoms with E-state index in [1.807, 2.05) is 36.4 Å². The van der Waals surface area contributed by atoms with Crippen LogP contribution in [0.1, 0.15) is 15.9 Å². The van der Waals surface area contributed by atoms with Gasteiger partial charge in [0.15, 0.2) is 0 Å². The van der Waals surface area contributed by atoms with E-state index >= 15 is 0 Å². The summed E-state index contributed by atoms with van der Waals surface area (Å²) < 4.78 is 19.7. The number of benzene rings is 3. The van der Waals surface area contributed by atoms with E-state index in [9.17, 15) is 9.18 Å². The van der Waals surface area contributed by atoms with Gasteiger partial charge in [-0.15, -0.1) is 11.3 Å². The molecule has 27 heavy (non-hydrogen) atoms. The minimum absolute atomic E-state index is 0.143. The van der Waals surface area contributed by atoms with Crippen LogP contribution in [0.5, 0.6) is 11.5 Å². The lowest BCUT2D eigenvalue weighted by molar-refractivity contribution is 0.0951. The average molecular weight is 378 g/mol. The van der Waals surface area contributed by atoms with Crippen molar-refractivity contribution in [3.05, 3.63) is 89.2 Å². The summed E-state index contributed by atoms with van der Waals surface area (Å²) in [4.78, 5) is 16.6. The monoisotopic (exact) mass is 378 g/mol. The number of aromatic nitrogens is 1. The molecule has 0 spiro atoms. The third-order valence-electron chi connectivity index (χ3n) is 3.99. The Bertz CT molecular complexity index is 1090. The van der Waals surface area contributed by atoms with Crippen LogP contribution in [0.3, 0.4) is 0 Å². The molecule has 0 fully saturated rings. The van der Waals surface area contributed by atoms with E-state index in [1.165, 1.54) is 23.5 Å². The summed E-state index contributed by atoms with van der Waals surface area (Å²) >= 11 is 1.51. The quantitative estimate of drug-likeness (QED) is 0.522. The van der Waals surface area contributed by atoms with Crippen molar-refractivity contribution in [3.63, 3.8) is 0 Å². The molecule has 3 aromatic carbocycles. The fourth-order valence-electron chi connectivity index (χ4n) is 2.64. The largest absolute Gasteiger partial charge is 0.457 e. The third-order valence-corrected chi connectivity index (χ3v) is 4.79. The zero-order valence-corrected chi connectivity index (χ0v) is 15.0. The van der Waals surface area contributed by atoms with Gasteiger partial charge in [-0.3, -0.25) is 4.79 Å². The molecule has 0 unspecified atom stereocenters. The SMILES string of the molecule is O=C(NCc1cccc(Oc2ccc(F)cc2)c1)c1ccc2ncsc2c1. The second kappa shape index (κ2) is 7.55. The third kappa shape index (κ3) is 4.12. The smallest absolute Gasteiger partial charge is 0.251 e. The Hall–Kier alpha value is -3.25. The molecular weight excluding hydrogens is 363 g/mol. The minimum atomic E-state index is -0.310. The number of rotatable bonds is 5. The van der Waals surface area contributed by atoms with Gasteiger partial charge in [0.2, 0.25) is 0 Å². The molecule has 6 heteroatoms. The van der Waals surface area contributed by atoms with Crippen molar-refractivity contribution in [2.75, 3.05) is 0 Å². The molecule has 0 atom stereocenters. The van der Waals surface area contributed by atoms with Gasteiger partial charge in [-0.25, -0.2) is 9.37 Å². The number of amides is 1. The number of hydrogen-bond acceptors (Lipinski definition) is 4. The number of fused-ring (bicyclic) bond motifs is 1. The van der Waals surface area contributed by atoms with Crippen LogP contribution in [0.25, 0.3) is 10.2 Å². The van der Waals surface area contributed by atoms with E-state index in [0.29, 0.717) is 23.6 Å². The van der Waals surface area contributed by atoms with E-state index < -0.39 is 0 Å². The summed E-state index contributed by atoms with van der Waals surface area (Å²) in [7, 11) is 0. The molecule has 0 bridgehead atoms. The van der Waals surface area contributed by atoms with Crippen molar-refractivity contribution in [1.82, 2.24) is 10.3 Å². The number of nitrogens with one attached hydrogen (secondary N) is 1. The minimum Gasteiger partial charge on any atom is -0.457 e. The summed E-state index contributed by atoms with van der Waals surface area (Å²) in [5, 5.41) is 2.91. The molecule has 1 N–H and O–H groups in total. The normalized spacial score (nSPS) is 10.7. The standard InChI is InChI=1S/C21H15FN2O2S/c22-16-5-7-17(8-6-16)26-18-3-1-2-14(10-18)12-23-21(25)15-4-9-19-20(11-15)27-13-24-19/h1-11,13H,12H2,(H,23,25). The van der Waals surface area contributed by atoms with Crippen LogP contribution in [0.4, 0.5) is 4.39 Å². The average Bonchev–Trinajstić information content (AvgIpc) is 3.16. The first-order valence-corrected chi connectivity index (χ1v) is 9.19. The first kappa shape index (κ1) is 17.2. The lowest BCUT2D eigenvalue weighted by Gasteiger charge is -2.09. The highest BCUT2D eigenvalue weighted by molar-refractivity contribution is 7.16. The molecule has 0 saturated carbocycles. The Morgan fingerprint density at radius 2 is 1.89 bits per heavy atom. The van der Waals surface area contributed by atoms with Gasteiger partial charge in [-0.2, -0.15) is 0 Å². The van der Waals surface area contributed by atoms with Gasteiger partial charge in [-0.1, -0.05) is 12.1 Å². The van der Waals surface area contributed by atoms with Crippen molar-refractivity contribution in [3.8, 4) is 11.5 Å². The molecule has 0 aliphatic carbocycles. The lowest BCUT2D eigenvalue weighted by Crippen LogP contribution is -2.22. The first-order valence-electron chi connectivity index (χ1n) is 8.31. The summed E-state index contributed by atoms with van der Waals surface area (Å²) in [5.74, 6) is 0.723. The number of halogens is 1. The summed E-state index contributed by atoms with van der Waals surface area (Å²) in [6, 6.07) is 18.7. The maximum absolute atomic E-state index is 13.0. The van der Waals surface area contributed by atoms with Gasteiger partial charge < -0.3 is 10.1 Å². The predicted molar refractivity (Wildman–Crippen MR) is 104 cm³/mol. The van der Waals surface area contributed by atoms with Gasteiger partial charge in [-0.05, 0) is 60.2 Å². The van der Waals surface area contributed by atoms with Crippen LogP contribution < -0.4 is 10.1 Å². The summed E-state index contributed by atoms with van der Waals surface area (Å²) in [5.41, 5.74) is 4.16. The van der Waals surface area contributed by atoms with E-state index in [2.05, 4.69) is 10.3 Å². The highest BCUT2D eigenvalue weighted by Crippen LogP contribution is 2.23. The number of ether oxygens (including phenoxy) is 1. The molecule has 0 aliphatic rings. The maximum Gasteiger partial charge on any atom is 0.251 e. The lowest BCUT2D eigenvalue weighted by atomic mass is 10.2. The van der Waals surface area contributed by atoms with E-state index in [1.54, 1.807) is 23.7 Å². The van der Waals surface area contributed by atoms with Crippen molar-refractivity contribution in [2.24, 2.45) is 0 Å². The van der Waals surface area contributed by atoms with E-state index in [4.69, 9.17) is 4.74 Å². The second-order valence-electron chi connectivity index (χ2n) is 5.92. The topological polar surface area (TPSA) is 51.2 Å². The van der Waals surface area contributed by atoms with Crippen molar-refractivity contribution in [2.45, 2.75) is 6.54 Å². The number of carbonyl (C=O) groups is 1. The maximum atomic E-state index is 13.0. The molecule has 4 aromatic rings. The van der Waals surface area contributed by atoms with E-state index in [0.717, 1.165) is 15.8 Å². The zero-order valence-electron chi connectivity index (χ0n) is 14.2.